The van der Waals surface area contributed by atoms with Crippen LogP contribution in [0.5, 0.6) is 6.01 Å². The molecule has 0 atom stereocenters. The molecule has 1 aromatic rings. The quantitative estimate of drug-likeness (QED) is 0.741. The van der Waals surface area contributed by atoms with Crippen molar-refractivity contribution in [2.45, 2.75) is 25.0 Å². The maximum atomic E-state index is 11.1. The van der Waals surface area contributed by atoms with Crippen molar-refractivity contribution in [3.05, 3.63) is 0 Å². The van der Waals surface area contributed by atoms with Crippen LogP contribution in [0.4, 0.5) is 0 Å². The van der Waals surface area contributed by atoms with Gasteiger partial charge in [0.15, 0.2) is 0 Å². The van der Waals surface area contributed by atoms with E-state index in [4.69, 9.17) is 9.88 Å². The van der Waals surface area contributed by atoms with Crippen LogP contribution >= 0.6 is 0 Å². The molecule has 0 aromatic carbocycles. The second-order valence-electron chi connectivity index (χ2n) is 2.98. The first-order chi connectivity index (χ1) is 6.38. The third kappa shape index (κ3) is 1.85. The predicted molar refractivity (Wildman–Crippen MR) is 48.3 cm³/mol. The van der Waals surface area contributed by atoms with Gasteiger partial charge in [-0.15, -0.1) is 5.10 Å². The fourth-order valence-electron chi connectivity index (χ4n) is 1.04. The van der Waals surface area contributed by atoms with Crippen molar-refractivity contribution in [3.8, 4) is 6.01 Å². The highest BCUT2D eigenvalue weighted by Crippen LogP contribution is 2.19. The lowest BCUT2D eigenvalue weighted by molar-refractivity contribution is 0.337. The second kappa shape index (κ2) is 3.54. The highest BCUT2D eigenvalue weighted by molar-refractivity contribution is 7.89. The number of ether oxygens (including phenoxy) is 1. The second-order valence-corrected chi connectivity index (χ2v) is 4.43. The Morgan fingerprint density at radius 2 is 2.00 bits per heavy atom. The molecule has 8 heteroatoms. The minimum absolute atomic E-state index is 0.129. The van der Waals surface area contributed by atoms with Crippen LogP contribution in [0, 0.1) is 0 Å². The zero-order valence-electron chi connectivity index (χ0n) is 8.13. The molecule has 1 heterocycles. The van der Waals surface area contributed by atoms with Crippen LogP contribution < -0.4 is 9.88 Å². The summed E-state index contributed by atoms with van der Waals surface area (Å²) >= 11 is 0. The van der Waals surface area contributed by atoms with Gasteiger partial charge in [0, 0.05) is 6.04 Å². The number of hydrogen-bond acceptors (Lipinski definition) is 5. The van der Waals surface area contributed by atoms with E-state index in [1.807, 2.05) is 0 Å². The largest absolute Gasteiger partial charge is 0.467 e. The molecule has 2 N–H and O–H groups in total. The average molecular weight is 220 g/mol. The first-order valence-corrected chi connectivity index (χ1v) is 5.44. The molecular weight excluding hydrogens is 208 g/mol. The van der Waals surface area contributed by atoms with Gasteiger partial charge >= 0.3 is 6.01 Å². The van der Waals surface area contributed by atoms with Crippen LogP contribution in [0.2, 0.25) is 0 Å². The maximum absolute atomic E-state index is 11.1. The van der Waals surface area contributed by atoms with Gasteiger partial charge in [-0.2, -0.15) is 0 Å². The Kier molecular flexibility index (Phi) is 2.76. The number of methoxy groups -OCH3 is 1. The summed E-state index contributed by atoms with van der Waals surface area (Å²) in [6.45, 7) is 3.56. The van der Waals surface area contributed by atoms with Crippen LogP contribution in [-0.4, -0.2) is 30.3 Å². The van der Waals surface area contributed by atoms with Crippen LogP contribution in [0.3, 0.4) is 0 Å². The Morgan fingerprint density at radius 3 is 2.36 bits per heavy atom. The van der Waals surface area contributed by atoms with E-state index in [2.05, 4.69) is 10.2 Å². The van der Waals surface area contributed by atoms with Gasteiger partial charge in [-0.25, -0.2) is 13.6 Å². The number of rotatable bonds is 3. The molecule has 14 heavy (non-hydrogen) atoms. The molecular formula is C6H12N4O3S. The molecule has 0 unspecified atom stereocenters. The summed E-state index contributed by atoms with van der Waals surface area (Å²) in [7, 11) is -2.47. The SMILES string of the molecule is COc1nnc(S(N)(=O)=O)n1C(C)C. The van der Waals surface area contributed by atoms with Crippen molar-refractivity contribution in [2.75, 3.05) is 7.11 Å². The van der Waals surface area contributed by atoms with E-state index >= 15 is 0 Å². The molecule has 0 saturated heterocycles. The minimum atomic E-state index is -3.86. The van der Waals surface area contributed by atoms with Gasteiger partial charge in [0.25, 0.3) is 15.2 Å². The standard InChI is InChI=1S/C6H12N4O3S/c1-4(2)10-5(13-3)8-9-6(10)14(7,11)12/h4H,1-3H3,(H2,7,11,12). The van der Waals surface area contributed by atoms with Crippen molar-refractivity contribution in [3.63, 3.8) is 0 Å². The molecule has 0 aliphatic heterocycles. The Morgan fingerprint density at radius 1 is 1.43 bits per heavy atom. The third-order valence-electron chi connectivity index (χ3n) is 1.59. The van der Waals surface area contributed by atoms with Gasteiger partial charge in [-0.3, -0.25) is 4.57 Å². The number of sulfonamides is 1. The maximum Gasteiger partial charge on any atom is 0.317 e. The van der Waals surface area contributed by atoms with Crippen molar-refractivity contribution in [2.24, 2.45) is 5.14 Å². The summed E-state index contributed by atoms with van der Waals surface area (Å²) in [5.74, 6) is 0. The van der Waals surface area contributed by atoms with E-state index in [9.17, 15) is 8.42 Å². The van der Waals surface area contributed by atoms with Crippen molar-refractivity contribution in [1.82, 2.24) is 14.8 Å². The molecule has 0 radical (unpaired) electrons. The van der Waals surface area contributed by atoms with Gasteiger partial charge in [0.1, 0.15) is 0 Å². The highest BCUT2D eigenvalue weighted by atomic mass is 32.2. The van der Waals surface area contributed by atoms with Gasteiger partial charge in [-0.05, 0) is 13.8 Å². The molecule has 0 fully saturated rings. The summed E-state index contributed by atoms with van der Waals surface area (Å²) in [6, 6.07) is -0.0164. The number of nitrogens with two attached hydrogens (primary N) is 1. The van der Waals surface area contributed by atoms with E-state index in [0.29, 0.717) is 0 Å². The highest BCUT2D eigenvalue weighted by Gasteiger charge is 2.23. The molecule has 1 rings (SSSR count). The molecule has 0 aliphatic rings. The van der Waals surface area contributed by atoms with E-state index < -0.39 is 10.0 Å². The lowest BCUT2D eigenvalue weighted by Crippen LogP contribution is -2.19. The third-order valence-corrected chi connectivity index (χ3v) is 2.37. The molecule has 7 nitrogen and oxygen atoms in total. The number of nitrogens with zero attached hydrogens (tertiary/aromatic N) is 3. The lowest BCUT2D eigenvalue weighted by Gasteiger charge is -2.10. The van der Waals surface area contributed by atoms with Gasteiger partial charge in [0.05, 0.1) is 7.11 Å². The molecule has 80 valence electrons. The smallest absolute Gasteiger partial charge is 0.317 e. The first kappa shape index (κ1) is 10.9. The van der Waals surface area contributed by atoms with Crippen LogP contribution in [-0.2, 0) is 10.0 Å². The molecule has 0 bridgehead atoms. The Labute approximate surface area is 81.9 Å². The van der Waals surface area contributed by atoms with Crippen LogP contribution in [0.15, 0.2) is 5.16 Å². The summed E-state index contributed by atoms with van der Waals surface area (Å²) in [5, 5.41) is 11.7. The zero-order valence-corrected chi connectivity index (χ0v) is 8.95. The Balaban J connectivity index is 3.40. The van der Waals surface area contributed by atoms with Crippen LogP contribution in [0.1, 0.15) is 19.9 Å². The van der Waals surface area contributed by atoms with Gasteiger partial charge < -0.3 is 4.74 Å². The molecule has 0 amide bonds. The summed E-state index contributed by atoms with van der Waals surface area (Å²) < 4.78 is 28.3. The first-order valence-electron chi connectivity index (χ1n) is 3.89. The Hall–Kier alpha value is -1.15. The van der Waals surface area contributed by atoms with E-state index in [1.54, 1.807) is 13.8 Å². The van der Waals surface area contributed by atoms with E-state index in [1.165, 1.54) is 11.7 Å². The summed E-state index contributed by atoms with van der Waals surface area (Å²) in [5.41, 5.74) is 0. The molecule has 0 aliphatic carbocycles. The average Bonchev–Trinajstić information content (AvgIpc) is 2.45. The van der Waals surface area contributed by atoms with Crippen molar-refractivity contribution >= 4 is 10.0 Å². The Bertz CT molecular complexity index is 422. The normalized spacial score (nSPS) is 12.1. The number of primary sulfonamides is 1. The van der Waals surface area contributed by atoms with Crippen molar-refractivity contribution in [1.29, 1.82) is 0 Å². The molecule has 0 spiro atoms. The lowest BCUT2D eigenvalue weighted by atomic mass is 10.4. The van der Waals surface area contributed by atoms with Gasteiger partial charge in [0.2, 0.25) is 0 Å². The summed E-state index contributed by atoms with van der Waals surface area (Å²) in [6.07, 6.45) is 0. The number of aromatic nitrogens is 3. The fourth-order valence-corrected chi connectivity index (χ4v) is 1.76. The number of hydrogen-bond donors (Lipinski definition) is 1. The van der Waals surface area contributed by atoms with E-state index in [-0.39, 0.29) is 17.2 Å². The van der Waals surface area contributed by atoms with E-state index in [0.717, 1.165) is 0 Å². The fraction of sp³-hybridized carbons (Fsp3) is 0.667. The zero-order chi connectivity index (χ0) is 10.9. The minimum Gasteiger partial charge on any atom is -0.467 e. The summed E-state index contributed by atoms with van der Waals surface area (Å²) in [4.78, 5) is 0. The molecule has 0 saturated carbocycles. The molecule has 1 aromatic heterocycles. The monoisotopic (exact) mass is 220 g/mol. The topological polar surface area (TPSA) is 100 Å². The van der Waals surface area contributed by atoms with Gasteiger partial charge in [-0.1, -0.05) is 5.10 Å². The van der Waals surface area contributed by atoms with Crippen molar-refractivity contribution < 1.29 is 13.2 Å². The predicted octanol–water partition coefficient (Wildman–Crippen LogP) is -0.485. The van der Waals surface area contributed by atoms with Crippen LogP contribution in [0.25, 0.3) is 0 Å².